The maximum Gasteiger partial charge on any atom is 0.115 e. The maximum atomic E-state index is 9.18. The summed E-state index contributed by atoms with van der Waals surface area (Å²) in [5.74, 6) is 0.361. The fourth-order valence-electron chi connectivity index (χ4n) is 2.35. The Morgan fingerprint density at radius 2 is 1.69 bits per heavy atom. The normalized spacial score (nSPS) is 17.5. The highest BCUT2D eigenvalue weighted by Crippen LogP contribution is 2.13. The van der Waals surface area contributed by atoms with Gasteiger partial charge in [-0.25, -0.2) is 0 Å². The molecule has 1 saturated heterocycles. The molecule has 1 fully saturated rings. The molecule has 1 heterocycles. The van der Waals surface area contributed by atoms with Crippen molar-refractivity contribution < 1.29 is 5.11 Å². The molecule has 2 heteroatoms. The van der Waals surface area contributed by atoms with Gasteiger partial charge in [0.2, 0.25) is 0 Å². The molecule has 1 aliphatic heterocycles. The van der Waals surface area contributed by atoms with Gasteiger partial charge in [-0.3, -0.25) is 0 Å². The molecule has 0 unspecified atom stereocenters. The second-order valence-corrected chi connectivity index (χ2v) is 4.67. The van der Waals surface area contributed by atoms with Crippen molar-refractivity contribution in [1.29, 1.82) is 0 Å². The SMILES string of the molecule is Oc1ccc(CCCN2CCCCC2)cc1. The van der Waals surface area contributed by atoms with Gasteiger partial charge < -0.3 is 10.0 Å². The maximum absolute atomic E-state index is 9.18. The van der Waals surface area contributed by atoms with E-state index in [0.717, 1.165) is 6.42 Å². The summed E-state index contributed by atoms with van der Waals surface area (Å²) in [7, 11) is 0. The van der Waals surface area contributed by atoms with E-state index in [2.05, 4.69) is 4.90 Å². The topological polar surface area (TPSA) is 23.5 Å². The van der Waals surface area contributed by atoms with E-state index in [0.29, 0.717) is 5.75 Å². The van der Waals surface area contributed by atoms with Crippen LogP contribution in [0.25, 0.3) is 0 Å². The molecule has 88 valence electrons. The van der Waals surface area contributed by atoms with Crippen LogP contribution in [0.1, 0.15) is 31.2 Å². The molecule has 1 aromatic carbocycles. The summed E-state index contributed by atoms with van der Waals surface area (Å²) in [4.78, 5) is 2.57. The third-order valence-corrected chi connectivity index (χ3v) is 3.32. The number of nitrogens with zero attached hydrogens (tertiary/aromatic N) is 1. The van der Waals surface area contributed by atoms with Gasteiger partial charge in [0, 0.05) is 0 Å². The molecule has 1 aliphatic rings. The van der Waals surface area contributed by atoms with Crippen molar-refractivity contribution in [2.75, 3.05) is 19.6 Å². The predicted octanol–water partition coefficient (Wildman–Crippen LogP) is 2.81. The molecular formula is C14H21NO. The molecular weight excluding hydrogens is 198 g/mol. The molecule has 1 aromatic rings. The summed E-state index contributed by atoms with van der Waals surface area (Å²) >= 11 is 0. The summed E-state index contributed by atoms with van der Waals surface area (Å²) < 4.78 is 0. The summed E-state index contributed by atoms with van der Waals surface area (Å²) in [5, 5.41) is 9.18. The lowest BCUT2D eigenvalue weighted by Gasteiger charge is -2.26. The van der Waals surface area contributed by atoms with Crippen LogP contribution in [0.2, 0.25) is 0 Å². The third kappa shape index (κ3) is 3.53. The summed E-state index contributed by atoms with van der Waals surface area (Å²) in [6, 6.07) is 7.59. The number of benzene rings is 1. The Morgan fingerprint density at radius 3 is 2.38 bits per heavy atom. The van der Waals surface area contributed by atoms with Crippen molar-refractivity contribution in [1.82, 2.24) is 4.90 Å². The number of aryl methyl sites for hydroxylation is 1. The van der Waals surface area contributed by atoms with E-state index >= 15 is 0 Å². The Morgan fingerprint density at radius 1 is 1.00 bits per heavy atom. The van der Waals surface area contributed by atoms with Gasteiger partial charge in [0.15, 0.2) is 0 Å². The number of likely N-dealkylation sites (tertiary alicyclic amines) is 1. The van der Waals surface area contributed by atoms with Crippen LogP contribution in [-0.2, 0) is 6.42 Å². The van der Waals surface area contributed by atoms with Crippen LogP contribution in [0.4, 0.5) is 0 Å². The van der Waals surface area contributed by atoms with Crippen LogP contribution in [0.5, 0.6) is 5.75 Å². The predicted molar refractivity (Wildman–Crippen MR) is 66.7 cm³/mol. The summed E-state index contributed by atoms with van der Waals surface area (Å²) in [6.07, 6.45) is 6.51. The van der Waals surface area contributed by atoms with Crippen LogP contribution in [0, 0.1) is 0 Å². The Bertz CT molecular complexity index is 301. The number of hydrogen-bond acceptors (Lipinski definition) is 2. The number of phenolic OH excluding ortho intramolecular Hbond substituents is 1. The van der Waals surface area contributed by atoms with Crippen molar-refractivity contribution >= 4 is 0 Å². The fraction of sp³-hybridized carbons (Fsp3) is 0.571. The van der Waals surface area contributed by atoms with Gasteiger partial charge in [-0.1, -0.05) is 18.6 Å². The lowest BCUT2D eigenvalue weighted by atomic mass is 10.1. The number of hydrogen-bond donors (Lipinski definition) is 1. The van der Waals surface area contributed by atoms with Crippen LogP contribution < -0.4 is 0 Å². The molecule has 16 heavy (non-hydrogen) atoms. The fourth-order valence-corrected chi connectivity index (χ4v) is 2.35. The van der Waals surface area contributed by atoms with Gasteiger partial charge in [0.25, 0.3) is 0 Å². The molecule has 0 saturated carbocycles. The molecule has 0 aliphatic carbocycles. The molecule has 1 N–H and O–H groups in total. The van der Waals surface area contributed by atoms with Crippen molar-refractivity contribution in [2.45, 2.75) is 32.1 Å². The third-order valence-electron chi connectivity index (χ3n) is 3.32. The van der Waals surface area contributed by atoms with Gasteiger partial charge in [0.05, 0.1) is 0 Å². The quantitative estimate of drug-likeness (QED) is 0.841. The standard InChI is InChI=1S/C14H21NO/c16-14-8-6-13(7-9-14)5-4-12-15-10-2-1-3-11-15/h6-9,16H,1-5,10-12H2. The molecule has 0 amide bonds. The van der Waals surface area contributed by atoms with Gasteiger partial charge in [0.1, 0.15) is 5.75 Å². The average Bonchev–Trinajstić information content (AvgIpc) is 2.33. The zero-order chi connectivity index (χ0) is 11.2. The van der Waals surface area contributed by atoms with Gasteiger partial charge in [-0.2, -0.15) is 0 Å². The molecule has 2 rings (SSSR count). The molecule has 0 aromatic heterocycles. The zero-order valence-electron chi connectivity index (χ0n) is 9.86. The van der Waals surface area contributed by atoms with Gasteiger partial charge in [-0.15, -0.1) is 0 Å². The molecule has 0 radical (unpaired) electrons. The highest BCUT2D eigenvalue weighted by atomic mass is 16.3. The minimum atomic E-state index is 0.361. The second-order valence-electron chi connectivity index (χ2n) is 4.67. The molecule has 0 bridgehead atoms. The van der Waals surface area contributed by atoms with Crippen LogP contribution >= 0.6 is 0 Å². The van der Waals surface area contributed by atoms with E-state index in [9.17, 15) is 5.11 Å². The molecule has 2 nitrogen and oxygen atoms in total. The summed E-state index contributed by atoms with van der Waals surface area (Å²) in [5.41, 5.74) is 1.33. The first-order valence-corrected chi connectivity index (χ1v) is 6.35. The molecule has 0 atom stereocenters. The Labute approximate surface area is 97.9 Å². The van der Waals surface area contributed by atoms with Crippen LogP contribution in [-0.4, -0.2) is 29.6 Å². The number of aromatic hydroxyl groups is 1. The van der Waals surface area contributed by atoms with Crippen LogP contribution in [0.15, 0.2) is 24.3 Å². The van der Waals surface area contributed by atoms with E-state index in [1.165, 1.54) is 50.9 Å². The van der Waals surface area contributed by atoms with Crippen molar-refractivity contribution in [2.24, 2.45) is 0 Å². The molecule has 0 spiro atoms. The lowest BCUT2D eigenvalue weighted by molar-refractivity contribution is 0.226. The zero-order valence-corrected chi connectivity index (χ0v) is 9.86. The van der Waals surface area contributed by atoms with Gasteiger partial charge >= 0.3 is 0 Å². The number of piperidine rings is 1. The van der Waals surface area contributed by atoms with Crippen molar-refractivity contribution in [3.8, 4) is 5.75 Å². The van der Waals surface area contributed by atoms with E-state index in [1.807, 2.05) is 12.1 Å². The minimum Gasteiger partial charge on any atom is -0.508 e. The first kappa shape index (κ1) is 11.5. The number of rotatable bonds is 4. The van der Waals surface area contributed by atoms with Gasteiger partial charge in [-0.05, 0) is 63.0 Å². The van der Waals surface area contributed by atoms with E-state index < -0.39 is 0 Å². The Hall–Kier alpha value is -1.02. The van der Waals surface area contributed by atoms with Crippen molar-refractivity contribution in [3.63, 3.8) is 0 Å². The highest BCUT2D eigenvalue weighted by molar-refractivity contribution is 5.25. The average molecular weight is 219 g/mol. The highest BCUT2D eigenvalue weighted by Gasteiger charge is 2.08. The lowest BCUT2D eigenvalue weighted by Crippen LogP contribution is -2.30. The smallest absolute Gasteiger partial charge is 0.115 e. The Balaban J connectivity index is 1.69. The van der Waals surface area contributed by atoms with Crippen LogP contribution in [0.3, 0.4) is 0 Å². The Kier molecular flexibility index (Phi) is 4.23. The van der Waals surface area contributed by atoms with E-state index in [4.69, 9.17) is 0 Å². The largest absolute Gasteiger partial charge is 0.508 e. The summed E-state index contributed by atoms with van der Waals surface area (Å²) in [6.45, 7) is 3.80. The minimum absolute atomic E-state index is 0.361. The first-order valence-electron chi connectivity index (χ1n) is 6.35. The van der Waals surface area contributed by atoms with E-state index in [1.54, 1.807) is 12.1 Å². The number of phenols is 1. The van der Waals surface area contributed by atoms with E-state index in [-0.39, 0.29) is 0 Å². The second kappa shape index (κ2) is 5.90. The van der Waals surface area contributed by atoms with Crippen molar-refractivity contribution in [3.05, 3.63) is 29.8 Å². The first-order chi connectivity index (χ1) is 7.84. The monoisotopic (exact) mass is 219 g/mol.